The highest BCUT2D eigenvalue weighted by Crippen LogP contribution is 2.22. The molecular formula is C13H23NO3S2. The predicted molar refractivity (Wildman–Crippen MR) is 79.0 cm³/mol. The topological polar surface area (TPSA) is 66.4 Å². The summed E-state index contributed by atoms with van der Waals surface area (Å²) in [5.74, 6) is 0.313. The first-order valence-corrected chi connectivity index (χ1v) is 8.77. The molecule has 0 spiro atoms. The third kappa shape index (κ3) is 5.22. The second-order valence-electron chi connectivity index (χ2n) is 5.49. The predicted octanol–water partition coefficient (Wildman–Crippen LogP) is 2.39. The van der Waals surface area contributed by atoms with Gasteiger partial charge >= 0.3 is 0 Å². The van der Waals surface area contributed by atoms with Crippen LogP contribution >= 0.6 is 11.3 Å². The van der Waals surface area contributed by atoms with Gasteiger partial charge in [0.15, 0.2) is 0 Å². The molecule has 1 unspecified atom stereocenters. The molecule has 0 fully saturated rings. The minimum absolute atomic E-state index is 0.0346. The van der Waals surface area contributed by atoms with Crippen molar-refractivity contribution >= 4 is 21.4 Å². The van der Waals surface area contributed by atoms with Crippen molar-refractivity contribution in [2.24, 2.45) is 5.92 Å². The first-order valence-electron chi connectivity index (χ1n) is 6.47. The number of rotatable bonds is 7. The zero-order valence-corrected chi connectivity index (χ0v) is 13.6. The molecule has 0 amide bonds. The van der Waals surface area contributed by atoms with E-state index in [0.717, 1.165) is 11.3 Å². The van der Waals surface area contributed by atoms with Crippen LogP contribution in [0.4, 0.5) is 0 Å². The van der Waals surface area contributed by atoms with Crippen LogP contribution in [0.1, 0.15) is 39.0 Å². The molecule has 2 N–H and O–H groups in total. The standard InChI is InChI=1S/C13H23NO3S2/c1-5-11-6-7-12(18-11)19(16,17)14-9-13(4,15)8-10(2)3/h6-7,10,14-15H,5,8-9H2,1-4H3. The van der Waals surface area contributed by atoms with Crippen LogP contribution in [0.15, 0.2) is 16.3 Å². The Labute approximate surface area is 119 Å². The Morgan fingerprint density at radius 2 is 2.05 bits per heavy atom. The fourth-order valence-electron chi connectivity index (χ4n) is 1.97. The van der Waals surface area contributed by atoms with E-state index in [1.165, 1.54) is 11.3 Å². The van der Waals surface area contributed by atoms with Gasteiger partial charge in [-0.15, -0.1) is 11.3 Å². The molecule has 1 atom stereocenters. The maximum Gasteiger partial charge on any atom is 0.250 e. The number of hydrogen-bond acceptors (Lipinski definition) is 4. The zero-order valence-electron chi connectivity index (χ0n) is 11.9. The van der Waals surface area contributed by atoms with E-state index in [1.54, 1.807) is 13.0 Å². The van der Waals surface area contributed by atoms with Gasteiger partial charge in [0.25, 0.3) is 0 Å². The maximum atomic E-state index is 12.1. The Kier molecular flexibility index (Phi) is 5.55. The lowest BCUT2D eigenvalue weighted by Gasteiger charge is -2.25. The normalized spacial score (nSPS) is 15.7. The summed E-state index contributed by atoms with van der Waals surface area (Å²) in [5, 5.41) is 10.1. The SMILES string of the molecule is CCc1ccc(S(=O)(=O)NCC(C)(O)CC(C)C)s1. The molecule has 0 aromatic carbocycles. The quantitative estimate of drug-likeness (QED) is 0.813. The number of hydrogen-bond donors (Lipinski definition) is 2. The van der Waals surface area contributed by atoms with Crippen LogP contribution in [0.2, 0.25) is 0 Å². The Morgan fingerprint density at radius 1 is 1.42 bits per heavy atom. The summed E-state index contributed by atoms with van der Waals surface area (Å²) >= 11 is 1.27. The number of thiophene rings is 1. The van der Waals surface area contributed by atoms with Crippen LogP contribution < -0.4 is 4.72 Å². The van der Waals surface area contributed by atoms with E-state index < -0.39 is 15.6 Å². The second-order valence-corrected chi connectivity index (χ2v) is 8.66. The number of sulfonamides is 1. The molecule has 6 heteroatoms. The Morgan fingerprint density at radius 3 is 2.53 bits per heavy atom. The number of aliphatic hydroxyl groups is 1. The van der Waals surface area contributed by atoms with Gasteiger partial charge in [0.2, 0.25) is 10.0 Å². The summed E-state index contributed by atoms with van der Waals surface area (Å²) in [6.07, 6.45) is 1.38. The van der Waals surface area contributed by atoms with Gasteiger partial charge in [0.1, 0.15) is 4.21 Å². The van der Waals surface area contributed by atoms with Gasteiger partial charge in [-0.3, -0.25) is 0 Å². The van der Waals surface area contributed by atoms with Crippen molar-refractivity contribution in [3.8, 4) is 0 Å². The minimum Gasteiger partial charge on any atom is -0.389 e. The van der Waals surface area contributed by atoms with Crippen LogP contribution in [0.5, 0.6) is 0 Å². The van der Waals surface area contributed by atoms with Gasteiger partial charge in [-0.1, -0.05) is 20.8 Å². The van der Waals surface area contributed by atoms with Gasteiger partial charge in [-0.05, 0) is 37.8 Å². The summed E-state index contributed by atoms with van der Waals surface area (Å²) in [6.45, 7) is 7.67. The molecule has 19 heavy (non-hydrogen) atoms. The molecule has 1 aromatic rings. The van der Waals surface area contributed by atoms with E-state index in [-0.39, 0.29) is 6.54 Å². The molecule has 0 bridgehead atoms. The van der Waals surface area contributed by atoms with Crippen molar-refractivity contribution in [2.45, 2.75) is 50.3 Å². The van der Waals surface area contributed by atoms with Gasteiger partial charge in [0.05, 0.1) is 5.60 Å². The van der Waals surface area contributed by atoms with Crippen LogP contribution in [-0.2, 0) is 16.4 Å². The Bertz CT molecular complexity index is 504. The lowest BCUT2D eigenvalue weighted by Crippen LogP contribution is -2.41. The molecule has 0 aliphatic carbocycles. The summed E-state index contributed by atoms with van der Waals surface area (Å²) in [5.41, 5.74) is -1.02. The highest BCUT2D eigenvalue weighted by Gasteiger charge is 2.25. The van der Waals surface area contributed by atoms with E-state index >= 15 is 0 Å². The van der Waals surface area contributed by atoms with Crippen molar-refractivity contribution in [1.29, 1.82) is 0 Å². The molecule has 110 valence electrons. The highest BCUT2D eigenvalue weighted by atomic mass is 32.2. The highest BCUT2D eigenvalue weighted by molar-refractivity contribution is 7.91. The van der Waals surface area contributed by atoms with E-state index in [0.29, 0.717) is 16.5 Å². The van der Waals surface area contributed by atoms with Crippen LogP contribution in [0.3, 0.4) is 0 Å². The van der Waals surface area contributed by atoms with Crippen LogP contribution in [0.25, 0.3) is 0 Å². The van der Waals surface area contributed by atoms with E-state index in [9.17, 15) is 13.5 Å². The molecule has 0 radical (unpaired) electrons. The van der Waals surface area contributed by atoms with Crippen LogP contribution in [-0.4, -0.2) is 25.7 Å². The summed E-state index contributed by atoms with van der Waals surface area (Å²) in [7, 11) is -3.51. The smallest absolute Gasteiger partial charge is 0.250 e. The molecule has 1 aromatic heterocycles. The van der Waals surface area contributed by atoms with E-state index in [4.69, 9.17) is 0 Å². The first kappa shape index (κ1) is 16.6. The van der Waals surface area contributed by atoms with Crippen molar-refractivity contribution in [3.05, 3.63) is 17.0 Å². The van der Waals surface area contributed by atoms with Crippen molar-refractivity contribution in [2.75, 3.05) is 6.54 Å². The number of aryl methyl sites for hydroxylation is 1. The van der Waals surface area contributed by atoms with Crippen molar-refractivity contribution < 1.29 is 13.5 Å². The summed E-state index contributed by atoms with van der Waals surface area (Å²) < 4.78 is 27.0. The second kappa shape index (κ2) is 6.35. The average molecular weight is 305 g/mol. The zero-order chi connectivity index (χ0) is 14.7. The summed E-state index contributed by atoms with van der Waals surface area (Å²) in [4.78, 5) is 1.04. The molecule has 1 rings (SSSR count). The van der Waals surface area contributed by atoms with Gasteiger partial charge in [-0.2, -0.15) is 0 Å². The third-order valence-corrected chi connectivity index (χ3v) is 5.86. The molecule has 0 saturated heterocycles. The van der Waals surface area contributed by atoms with Crippen LogP contribution in [0, 0.1) is 5.92 Å². The van der Waals surface area contributed by atoms with Gasteiger partial charge in [0, 0.05) is 11.4 Å². The van der Waals surface area contributed by atoms with E-state index in [2.05, 4.69) is 4.72 Å². The van der Waals surface area contributed by atoms with Gasteiger partial charge in [-0.25, -0.2) is 13.1 Å². The Balaban J connectivity index is 2.70. The first-order chi connectivity index (χ1) is 8.66. The lowest BCUT2D eigenvalue weighted by molar-refractivity contribution is 0.0437. The molecule has 1 heterocycles. The van der Waals surface area contributed by atoms with E-state index in [1.807, 2.05) is 26.8 Å². The fraction of sp³-hybridized carbons (Fsp3) is 0.692. The monoisotopic (exact) mass is 305 g/mol. The molecule has 0 saturated carbocycles. The summed E-state index contributed by atoms with van der Waals surface area (Å²) in [6, 6.07) is 3.44. The maximum absolute atomic E-state index is 12.1. The molecular weight excluding hydrogens is 282 g/mol. The van der Waals surface area contributed by atoms with Crippen molar-refractivity contribution in [1.82, 2.24) is 4.72 Å². The van der Waals surface area contributed by atoms with Crippen molar-refractivity contribution in [3.63, 3.8) is 0 Å². The lowest BCUT2D eigenvalue weighted by atomic mass is 9.95. The molecule has 0 aliphatic heterocycles. The minimum atomic E-state index is -3.51. The Hall–Kier alpha value is -0.430. The third-order valence-electron chi connectivity index (χ3n) is 2.74. The molecule has 4 nitrogen and oxygen atoms in total. The fourth-order valence-corrected chi connectivity index (χ4v) is 4.47. The largest absolute Gasteiger partial charge is 0.389 e. The van der Waals surface area contributed by atoms with Gasteiger partial charge < -0.3 is 5.11 Å². The average Bonchev–Trinajstić information content (AvgIpc) is 2.74. The molecule has 0 aliphatic rings. The number of nitrogens with one attached hydrogen (secondary N) is 1.